The summed E-state index contributed by atoms with van der Waals surface area (Å²) < 4.78 is 5.98. The van der Waals surface area contributed by atoms with Crippen LogP contribution in [0.1, 0.15) is 32.1 Å². The molecule has 1 amide bonds. The summed E-state index contributed by atoms with van der Waals surface area (Å²) in [5.74, 6) is 1.32. The van der Waals surface area contributed by atoms with E-state index in [-0.39, 0.29) is 12.0 Å². The lowest BCUT2D eigenvalue weighted by Crippen LogP contribution is -2.46. The van der Waals surface area contributed by atoms with E-state index in [9.17, 15) is 4.79 Å². The summed E-state index contributed by atoms with van der Waals surface area (Å²) in [6, 6.07) is 3.74. The third-order valence-electron chi connectivity index (χ3n) is 4.26. The Labute approximate surface area is 125 Å². The fraction of sp³-hybridized carbons (Fsp3) is 0.529. The van der Waals surface area contributed by atoms with Gasteiger partial charge in [-0.05, 0) is 44.2 Å². The zero-order valence-corrected chi connectivity index (χ0v) is 12.3. The van der Waals surface area contributed by atoms with Crippen LogP contribution in [0.4, 0.5) is 0 Å². The van der Waals surface area contributed by atoms with E-state index in [1.54, 1.807) is 12.4 Å². The van der Waals surface area contributed by atoms with E-state index in [4.69, 9.17) is 4.74 Å². The summed E-state index contributed by atoms with van der Waals surface area (Å²) in [6.45, 7) is 1.58. The molecule has 1 aliphatic heterocycles. The van der Waals surface area contributed by atoms with E-state index in [1.165, 1.54) is 0 Å². The third kappa shape index (κ3) is 3.63. The number of amides is 1. The molecule has 4 heteroatoms. The largest absolute Gasteiger partial charge is 0.488 e. The first-order valence-corrected chi connectivity index (χ1v) is 7.83. The molecule has 1 fully saturated rings. The van der Waals surface area contributed by atoms with Gasteiger partial charge in [-0.15, -0.1) is 0 Å². The van der Waals surface area contributed by atoms with E-state index in [0.717, 1.165) is 44.4 Å². The Morgan fingerprint density at radius 3 is 2.86 bits per heavy atom. The summed E-state index contributed by atoms with van der Waals surface area (Å²) >= 11 is 0. The number of ether oxygens (including phenoxy) is 1. The summed E-state index contributed by atoms with van der Waals surface area (Å²) in [5, 5.41) is 0. The van der Waals surface area contributed by atoms with E-state index in [1.807, 2.05) is 17.0 Å². The first kappa shape index (κ1) is 14.1. The van der Waals surface area contributed by atoms with E-state index >= 15 is 0 Å². The van der Waals surface area contributed by atoms with Gasteiger partial charge in [-0.25, -0.2) is 0 Å². The second kappa shape index (κ2) is 6.74. The molecule has 3 rings (SSSR count). The molecule has 0 bridgehead atoms. The molecule has 112 valence electrons. The van der Waals surface area contributed by atoms with Crippen LogP contribution >= 0.6 is 0 Å². The Hall–Kier alpha value is -1.84. The molecule has 0 radical (unpaired) electrons. The van der Waals surface area contributed by atoms with Gasteiger partial charge in [0.15, 0.2) is 0 Å². The molecule has 0 saturated carbocycles. The molecule has 2 aliphatic rings. The second-order valence-corrected chi connectivity index (χ2v) is 5.83. The molecule has 0 aromatic carbocycles. The highest BCUT2D eigenvalue weighted by Crippen LogP contribution is 2.24. The zero-order chi connectivity index (χ0) is 14.5. The van der Waals surface area contributed by atoms with Crippen molar-refractivity contribution in [3.05, 3.63) is 36.7 Å². The van der Waals surface area contributed by atoms with Crippen LogP contribution in [-0.4, -0.2) is 35.0 Å². The van der Waals surface area contributed by atoms with Crippen molar-refractivity contribution < 1.29 is 9.53 Å². The van der Waals surface area contributed by atoms with Gasteiger partial charge < -0.3 is 9.64 Å². The van der Waals surface area contributed by atoms with Gasteiger partial charge in [0.2, 0.25) is 5.91 Å². The highest BCUT2D eigenvalue weighted by Gasteiger charge is 2.29. The molecule has 0 spiro atoms. The van der Waals surface area contributed by atoms with Crippen molar-refractivity contribution in [3.8, 4) is 5.75 Å². The molecular formula is C17H22N2O2. The van der Waals surface area contributed by atoms with Crippen molar-refractivity contribution in [2.75, 3.05) is 13.1 Å². The van der Waals surface area contributed by atoms with Crippen LogP contribution in [0.5, 0.6) is 5.75 Å². The normalized spacial score (nSPS) is 25.6. The van der Waals surface area contributed by atoms with Crippen molar-refractivity contribution in [1.82, 2.24) is 9.88 Å². The van der Waals surface area contributed by atoms with Crippen LogP contribution in [0.25, 0.3) is 0 Å². The van der Waals surface area contributed by atoms with E-state index in [0.29, 0.717) is 12.5 Å². The van der Waals surface area contributed by atoms with Crippen molar-refractivity contribution in [3.63, 3.8) is 0 Å². The number of likely N-dealkylation sites (tertiary alicyclic amines) is 1. The topological polar surface area (TPSA) is 42.4 Å². The van der Waals surface area contributed by atoms with Gasteiger partial charge in [0, 0.05) is 24.9 Å². The van der Waals surface area contributed by atoms with Crippen molar-refractivity contribution >= 4 is 5.91 Å². The molecule has 1 aromatic rings. The van der Waals surface area contributed by atoms with Crippen LogP contribution in [0.15, 0.2) is 36.7 Å². The molecule has 1 aromatic heterocycles. The third-order valence-corrected chi connectivity index (χ3v) is 4.26. The van der Waals surface area contributed by atoms with Crippen molar-refractivity contribution in [2.45, 2.75) is 38.2 Å². The lowest BCUT2D eigenvalue weighted by molar-refractivity contribution is -0.138. The Balaban J connectivity index is 1.57. The van der Waals surface area contributed by atoms with Gasteiger partial charge >= 0.3 is 0 Å². The fourth-order valence-corrected chi connectivity index (χ4v) is 3.12. The van der Waals surface area contributed by atoms with Crippen molar-refractivity contribution in [1.29, 1.82) is 0 Å². The number of carbonyl (C=O) groups is 1. The maximum atomic E-state index is 12.6. The van der Waals surface area contributed by atoms with E-state index < -0.39 is 0 Å². The molecular weight excluding hydrogens is 264 g/mol. The molecule has 4 nitrogen and oxygen atoms in total. The quantitative estimate of drug-likeness (QED) is 0.802. The van der Waals surface area contributed by atoms with Crippen LogP contribution in [0, 0.1) is 5.92 Å². The first-order valence-electron chi connectivity index (χ1n) is 7.83. The number of rotatable bonds is 3. The minimum atomic E-state index is 0.101. The summed E-state index contributed by atoms with van der Waals surface area (Å²) in [7, 11) is 0. The monoisotopic (exact) mass is 286 g/mol. The number of piperidine rings is 1. The average Bonchev–Trinajstić information content (AvgIpc) is 2.56. The number of pyridine rings is 1. The van der Waals surface area contributed by atoms with Gasteiger partial charge in [0.05, 0.1) is 6.54 Å². The Kier molecular flexibility index (Phi) is 4.53. The SMILES string of the molecule is O=C(C1CC=CCC1)N1CCCC(Oc2ccncc2)C1. The lowest BCUT2D eigenvalue weighted by atomic mass is 9.92. The number of aromatic nitrogens is 1. The van der Waals surface area contributed by atoms with Gasteiger partial charge in [0.25, 0.3) is 0 Å². The molecule has 1 aliphatic carbocycles. The summed E-state index contributed by atoms with van der Waals surface area (Å²) in [6.07, 6.45) is 12.8. The standard InChI is InChI=1S/C17H22N2O2/c20-17(14-5-2-1-3-6-14)19-12-4-7-16(13-19)21-15-8-10-18-11-9-15/h1-2,8-11,14,16H,3-7,12-13H2. The molecule has 2 unspecified atom stereocenters. The van der Waals surface area contributed by atoms with Crippen LogP contribution in [0.2, 0.25) is 0 Å². The smallest absolute Gasteiger partial charge is 0.226 e. The lowest BCUT2D eigenvalue weighted by Gasteiger charge is -2.35. The first-order chi connectivity index (χ1) is 10.3. The predicted molar refractivity (Wildman–Crippen MR) is 80.9 cm³/mol. The highest BCUT2D eigenvalue weighted by molar-refractivity contribution is 5.79. The minimum Gasteiger partial charge on any atom is -0.488 e. The Morgan fingerprint density at radius 2 is 2.10 bits per heavy atom. The predicted octanol–water partition coefficient (Wildman–Crippen LogP) is 2.81. The molecule has 2 heterocycles. The maximum Gasteiger partial charge on any atom is 0.226 e. The van der Waals surface area contributed by atoms with Gasteiger partial charge in [-0.3, -0.25) is 9.78 Å². The number of carbonyl (C=O) groups excluding carboxylic acids is 1. The van der Waals surface area contributed by atoms with Gasteiger partial charge in [-0.1, -0.05) is 12.2 Å². The Bertz CT molecular complexity index is 501. The minimum absolute atomic E-state index is 0.101. The molecule has 1 saturated heterocycles. The average molecular weight is 286 g/mol. The number of hydrogen-bond donors (Lipinski definition) is 0. The molecule has 2 atom stereocenters. The molecule has 0 N–H and O–H groups in total. The van der Waals surface area contributed by atoms with Gasteiger partial charge in [-0.2, -0.15) is 0 Å². The Morgan fingerprint density at radius 1 is 1.24 bits per heavy atom. The molecule has 21 heavy (non-hydrogen) atoms. The second-order valence-electron chi connectivity index (χ2n) is 5.83. The summed E-state index contributed by atoms with van der Waals surface area (Å²) in [4.78, 5) is 18.6. The van der Waals surface area contributed by atoms with Crippen LogP contribution in [0.3, 0.4) is 0 Å². The summed E-state index contributed by atoms with van der Waals surface area (Å²) in [5.41, 5.74) is 0. The number of hydrogen-bond acceptors (Lipinski definition) is 3. The zero-order valence-electron chi connectivity index (χ0n) is 12.3. The van der Waals surface area contributed by atoms with Crippen LogP contribution in [-0.2, 0) is 4.79 Å². The van der Waals surface area contributed by atoms with Gasteiger partial charge in [0.1, 0.15) is 11.9 Å². The fourth-order valence-electron chi connectivity index (χ4n) is 3.12. The highest BCUT2D eigenvalue weighted by atomic mass is 16.5. The maximum absolute atomic E-state index is 12.6. The van der Waals surface area contributed by atoms with E-state index in [2.05, 4.69) is 17.1 Å². The number of nitrogens with zero attached hydrogens (tertiary/aromatic N) is 2. The van der Waals surface area contributed by atoms with Crippen LogP contribution < -0.4 is 4.74 Å². The van der Waals surface area contributed by atoms with Crippen molar-refractivity contribution in [2.24, 2.45) is 5.92 Å². The number of allylic oxidation sites excluding steroid dienone is 2.